The highest BCUT2D eigenvalue weighted by Gasteiger charge is 2.41. The molecular formula is C13H17NO2. The van der Waals surface area contributed by atoms with Gasteiger partial charge in [-0.3, -0.25) is 0 Å². The molecule has 3 rings (SSSR count). The minimum absolute atomic E-state index is 0.314. The standard InChI is InChI=1S/C13H17NO2/c1-2-4-11(5-3-1)12-10-13(6-7-14-12)15-8-9-16-13/h1-5,12,14H,6-10H2. The molecule has 1 unspecified atom stereocenters. The van der Waals surface area contributed by atoms with Gasteiger partial charge >= 0.3 is 0 Å². The molecular weight excluding hydrogens is 202 g/mol. The normalized spacial score (nSPS) is 28.4. The molecule has 86 valence electrons. The number of ether oxygens (including phenoxy) is 2. The second-order valence-electron chi connectivity index (χ2n) is 4.48. The minimum atomic E-state index is -0.314. The van der Waals surface area contributed by atoms with E-state index in [-0.39, 0.29) is 5.79 Å². The van der Waals surface area contributed by atoms with Crippen LogP contribution >= 0.6 is 0 Å². The third kappa shape index (κ3) is 1.86. The molecule has 2 saturated heterocycles. The first-order valence-electron chi connectivity index (χ1n) is 5.94. The predicted octanol–water partition coefficient (Wildman–Crippen LogP) is 1.85. The zero-order valence-corrected chi connectivity index (χ0v) is 9.32. The van der Waals surface area contributed by atoms with Gasteiger partial charge in [-0.05, 0) is 5.56 Å². The summed E-state index contributed by atoms with van der Waals surface area (Å²) >= 11 is 0. The van der Waals surface area contributed by atoms with Crippen LogP contribution in [0, 0.1) is 0 Å². The van der Waals surface area contributed by atoms with Crippen molar-refractivity contribution in [2.75, 3.05) is 19.8 Å². The van der Waals surface area contributed by atoms with Crippen LogP contribution in [0.25, 0.3) is 0 Å². The van der Waals surface area contributed by atoms with Crippen LogP contribution in [0.1, 0.15) is 24.4 Å². The van der Waals surface area contributed by atoms with Crippen LogP contribution < -0.4 is 5.32 Å². The van der Waals surface area contributed by atoms with Crippen LogP contribution in [0.2, 0.25) is 0 Å². The predicted molar refractivity (Wildman–Crippen MR) is 61.1 cm³/mol. The molecule has 3 heteroatoms. The molecule has 1 spiro atoms. The van der Waals surface area contributed by atoms with Gasteiger partial charge in [0.25, 0.3) is 0 Å². The Morgan fingerprint density at radius 2 is 1.88 bits per heavy atom. The topological polar surface area (TPSA) is 30.5 Å². The van der Waals surface area contributed by atoms with Crippen LogP contribution in [0.4, 0.5) is 0 Å². The number of benzene rings is 1. The highest BCUT2D eigenvalue weighted by Crippen LogP contribution is 2.36. The van der Waals surface area contributed by atoms with E-state index < -0.39 is 0 Å². The van der Waals surface area contributed by atoms with E-state index in [9.17, 15) is 0 Å². The van der Waals surface area contributed by atoms with Gasteiger partial charge in [0.05, 0.1) is 13.2 Å². The Balaban J connectivity index is 1.77. The Labute approximate surface area is 95.8 Å². The van der Waals surface area contributed by atoms with E-state index in [4.69, 9.17) is 9.47 Å². The summed E-state index contributed by atoms with van der Waals surface area (Å²) in [6.45, 7) is 2.43. The number of piperidine rings is 1. The Bertz CT molecular complexity index is 346. The number of hydrogen-bond donors (Lipinski definition) is 1. The first-order valence-corrected chi connectivity index (χ1v) is 5.94. The highest BCUT2D eigenvalue weighted by atomic mass is 16.7. The fourth-order valence-electron chi connectivity index (χ4n) is 2.60. The summed E-state index contributed by atoms with van der Waals surface area (Å²) in [5.74, 6) is -0.314. The van der Waals surface area contributed by atoms with Gasteiger partial charge in [-0.1, -0.05) is 30.3 Å². The third-order valence-corrected chi connectivity index (χ3v) is 3.43. The van der Waals surface area contributed by atoms with Gasteiger partial charge in [0, 0.05) is 25.4 Å². The van der Waals surface area contributed by atoms with Crippen molar-refractivity contribution in [1.29, 1.82) is 0 Å². The molecule has 1 aromatic carbocycles. The molecule has 16 heavy (non-hydrogen) atoms. The number of rotatable bonds is 1. The molecule has 2 heterocycles. The highest BCUT2D eigenvalue weighted by molar-refractivity contribution is 5.20. The molecule has 3 nitrogen and oxygen atoms in total. The quantitative estimate of drug-likeness (QED) is 0.782. The molecule has 0 saturated carbocycles. The summed E-state index contributed by atoms with van der Waals surface area (Å²) < 4.78 is 11.5. The summed E-state index contributed by atoms with van der Waals surface area (Å²) in [4.78, 5) is 0. The second kappa shape index (κ2) is 4.17. The third-order valence-electron chi connectivity index (χ3n) is 3.43. The van der Waals surface area contributed by atoms with Crippen molar-refractivity contribution in [3.8, 4) is 0 Å². The Morgan fingerprint density at radius 3 is 2.62 bits per heavy atom. The fraction of sp³-hybridized carbons (Fsp3) is 0.538. The fourth-order valence-corrected chi connectivity index (χ4v) is 2.60. The Hall–Kier alpha value is -0.900. The SMILES string of the molecule is c1ccc(C2CC3(CCN2)OCCO3)cc1. The maximum atomic E-state index is 5.77. The summed E-state index contributed by atoms with van der Waals surface area (Å²) in [6, 6.07) is 10.9. The number of nitrogens with one attached hydrogen (secondary N) is 1. The Morgan fingerprint density at radius 1 is 1.12 bits per heavy atom. The molecule has 1 atom stereocenters. The second-order valence-corrected chi connectivity index (χ2v) is 4.48. The molecule has 0 aliphatic carbocycles. The lowest BCUT2D eigenvalue weighted by atomic mass is 9.93. The van der Waals surface area contributed by atoms with E-state index in [1.165, 1.54) is 5.56 Å². The van der Waals surface area contributed by atoms with Crippen molar-refractivity contribution in [1.82, 2.24) is 5.32 Å². The van der Waals surface area contributed by atoms with Crippen molar-refractivity contribution in [2.24, 2.45) is 0 Å². The summed E-state index contributed by atoms with van der Waals surface area (Å²) in [7, 11) is 0. The van der Waals surface area contributed by atoms with E-state index in [2.05, 4.69) is 29.6 Å². The van der Waals surface area contributed by atoms with Crippen molar-refractivity contribution < 1.29 is 9.47 Å². The molecule has 0 amide bonds. The van der Waals surface area contributed by atoms with Crippen LogP contribution in [0.5, 0.6) is 0 Å². The van der Waals surface area contributed by atoms with E-state index in [0.717, 1.165) is 32.6 Å². The first-order chi connectivity index (χ1) is 7.88. The van der Waals surface area contributed by atoms with Gasteiger partial charge in [0.2, 0.25) is 0 Å². The molecule has 2 fully saturated rings. The van der Waals surface area contributed by atoms with Gasteiger partial charge < -0.3 is 14.8 Å². The molecule has 0 radical (unpaired) electrons. The lowest BCUT2D eigenvalue weighted by Gasteiger charge is -2.37. The smallest absolute Gasteiger partial charge is 0.171 e. The van der Waals surface area contributed by atoms with Gasteiger partial charge in [0.15, 0.2) is 5.79 Å². The summed E-state index contributed by atoms with van der Waals surface area (Å²) in [5.41, 5.74) is 1.32. The lowest BCUT2D eigenvalue weighted by Crippen LogP contribution is -2.44. The first kappa shape index (κ1) is 10.3. The molecule has 2 aliphatic heterocycles. The largest absolute Gasteiger partial charge is 0.347 e. The molecule has 0 bridgehead atoms. The molecule has 2 aliphatic rings. The van der Waals surface area contributed by atoms with Crippen LogP contribution in [-0.4, -0.2) is 25.5 Å². The van der Waals surface area contributed by atoms with Crippen LogP contribution in [-0.2, 0) is 9.47 Å². The van der Waals surface area contributed by atoms with E-state index in [1.807, 2.05) is 6.07 Å². The van der Waals surface area contributed by atoms with Crippen molar-refractivity contribution in [2.45, 2.75) is 24.7 Å². The lowest BCUT2D eigenvalue weighted by molar-refractivity contribution is -0.180. The molecule has 0 aromatic heterocycles. The number of hydrogen-bond acceptors (Lipinski definition) is 3. The van der Waals surface area contributed by atoms with E-state index in [1.54, 1.807) is 0 Å². The molecule has 1 N–H and O–H groups in total. The van der Waals surface area contributed by atoms with Gasteiger partial charge in [-0.2, -0.15) is 0 Å². The maximum Gasteiger partial charge on any atom is 0.171 e. The van der Waals surface area contributed by atoms with Crippen LogP contribution in [0.15, 0.2) is 30.3 Å². The maximum absolute atomic E-state index is 5.77. The van der Waals surface area contributed by atoms with Crippen molar-refractivity contribution >= 4 is 0 Å². The summed E-state index contributed by atoms with van der Waals surface area (Å²) in [5, 5.41) is 3.53. The summed E-state index contributed by atoms with van der Waals surface area (Å²) in [6.07, 6.45) is 1.87. The zero-order chi connectivity index (χ0) is 10.8. The van der Waals surface area contributed by atoms with Crippen molar-refractivity contribution in [3.63, 3.8) is 0 Å². The van der Waals surface area contributed by atoms with E-state index >= 15 is 0 Å². The zero-order valence-electron chi connectivity index (χ0n) is 9.32. The average molecular weight is 219 g/mol. The van der Waals surface area contributed by atoms with Gasteiger partial charge in [0.1, 0.15) is 0 Å². The minimum Gasteiger partial charge on any atom is -0.347 e. The van der Waals surface area contributed by atoms with Gasteiger partial charge in [-0.15, -0.1) is 0 Å². The monoisotopic (exact) mass is 219 g/mol. The average Bonchev–Trinajstić information content (AvgIpc) is 2.78. The van der Waals surface area contributed by atoms with Crippen molar-refractivity contribution in [3.05, 3.63) is 35.9 Å². The Kier molecular flexibility index (Phi) is 2.67. The van der Waals surface area contributed by atoms with Gasteiger partial charge in [-0.25, -0.2) is 0 Å². The molecule has 1 aromatic rings. The van der Waals surface area contributed by atoms with E-state index in [0.29, 0.717) is 6.04 Å². The van der Waals surface area contributed by atoms with Crippen LogP contribution in [0.3, 0.4) is 0 Å².